The highest BCUT2D eigenvalue weighted by molar-refractivity contribution is 5.86. The van der Waals surface area contributed by atoms with E-state index < -0.39 is 0 Å². The highest BCUT2D eigenvalue weighted by Gasteiger charge is 2.12. The van der Waals surface area contributed by atoms with Crippen LogP contribution in [0.3, 0.4) is 0 Å². The van der Waals surface area contributed by atoms with Crippen LogP contribution in [-0.4, -0.2) is 33.9 Å². The molecule has 204 valence electrons. The average Bonchev–Trinajstić information content (AvgIpc) is 2.92. The zero-order valence-corrected chi connectivity index (χ0v) is 22.5. The summed E-state index contributed by atoms with van der Waals surface area (Å²) in [5.41, 5.74) is 13.9. The van der Waals surface area contributed by atoms with E-state index in [2.05, 4.69) is 49.7 Å². The summed E-state index contributed by atoms with van der Waals surface area (Å²) in [4.78, 5) is 43.0. The molecule has 4 rings (SSSR count). The summed E-state index contributed by atoms with van der Waals surface area (Å²) in [6.45, 7) is 5.76. The van der Waals surface area contributed by atoms with Gasteiger partial charge in [-0.3, -0.25) is 19.0 Å². The summed E-state index contributed by atoms with van der Waals surface area (Å²) in [6, 6.07) is 17.9. The molecule has 0 bridgehead atoms. The Hall–Kier alpha value is -4.77. The molecule has 39 heavy (non-hydrogen) atoms. The number of pyridine rings is 1. The lowest BCUT2D eigenvalue weighted by atomic mass is 10.00. The van der Waals surface area contributed by atoms with Crippen LogP contribution in [0.4, 0.5) is 11.6 Å². The number of fused-ring (bicyclic) bond motifs is 1. The fourth-order valence-electron chi connectivity index (χ4n) is 3.98. The first-order valence-electron chi connectivity index (χ1n) is 12.4. The number of nitrogen functional groups attached to an aromatic ring is 1. The van der Waals surface area contributed by atoms with Crippen LogP contribution >= 0.6 is 0 Å². The minimum absolute atomic E-state index is 0.0496. The molecule has 0 aliphatic heterocycles. The molecule has 0 saturated heterocycles. The second-order valence-electron chi connectivity index (χ2n) is 8.85. The highest BCUT2D eigenvalue weighted by atomic mass is 16.2. The first kappa shape index (κ1) is 28.8. The van der Waals surface area contributed by atoms with Gasteiger partial charge in [-0.2, -0.15) is 0 Å². The van der Waals surface area contributed by atoms with E-state index in [0.717, 1.165) is 23.2 Å². The van der Waals surface area contributed by atoms with Crippen molar-refractivity contribution in [3.05, 3.63) is 93.7 Å². The number of hydrogen-bond donors (Lipinski definition) is 5. The van der Waals surface area contributed by atoms with Crippen LogP contribution in [0.25, 0.3) is 10.8 Å². The molecule has 0 aliphatic rings. The summed E-state index contributed by atoms with van der Waals surface area (Å²) in [5, 5.41) is 7.95. The number of nitrogens with zero attached hydrogens (tertiary/aromatic N) is 3. The minimum Gasteiger partial charge on any atom is -0.384 e. The molecule has 2 aromatic heterocycles. The van der Waals surface area contributed by atoms with Gasteiger partial charge >= 0.3 is 0 Å². The highest BCUT2D eigenvalue weighted by Crippen LogP contribution is 2.23. The van der Waals surface area contributed by atoms with Crippen molar-refractivity contribution in [2.45, 2.75) is 39.9 Å². The van der Waals surface area contributed by atoms with Crippen molar-refractivity contribution in [3.63, 3.8) is 0 Å². The molecule has 0 unspecified atom stereocenters. The number of aromatic nitrogens is 3. The molecule has 0 aliphatic carbocycles. The lowest BCUT2D eigenvalue weighted by molar-refractivity contribution is -0.121. The number of aryl methyl sites for hydroxylation is 2. The summed E-state index contributed by atoms with van der Waals surface area (Å²) in [5.74, 6) is 0.290. The maximum absolute atomic E-state index is 12.3. The second-order valence-corrected chi connectivity index (χ2v) is 8.85. The molecule has 1 atom stereocenters. The smallest absolute Gasteiger partial charge is 0.295 e. The van der Waals surface area contributed by atoms with E-state index in [1.807, 2.05) is 44.2 Å². The number of benzene rings is 2. The lowest BCUT2D eigenvalue weighted by Crippen LogP contribution is -2.35. The number of amides is 2. The van der Waals surface area contributed by atoms with Gasteiger partial charge in [0.05, 0.1) is 6.04 Å². The van der Waals surface area contributed by atoms with Gasteiger partial charge in [0.2, 0.25) is 18.1 Å². The van der Waals surface area contributed by atoms with Crippen LogP contribution < -0.4 is 32.8 Å². The van der Waals surface area contributed by atoms with Crippen LogP contribution in [0.1, 0.15) is 35.5 Å². The van der Waals surface area contributed by atoms with Crippen LogP contribution in [0, 0.1) is 13.8 Å². The van der Waals surface area contributed by atoms with Crippen molar-refractivity contribution in [3.8, 4) is 0 Å². The molecular weight excluding hydrogens is 496 g/mol. The number of nitrogens with one attached hydrogen (secondary N) is 4. The van der Waals surface area contributed by atoms with Gasteiger partial charge in [-0.15, -0.1) is 0 Å². The molecule has 6 N–H and O–H groups in total. The molecule has 11 nitrogen and oxygen atoms in total. The van der Waals surface area contributed by atoms with Gasteiger partial charge in [0.15, 0.2) is 0 Å². The van der Waals surface area contributed by atoms with Crippen molar-refractivity contribution in [1.82, 2.24) is 30.6 Å². The number of carbonyl (C=O) groups is 2. The molecule has 0 radical (unpaired) electrons. The van der Waals surface area contributed by atoms with Gasteiger partial charge in [0.25, 0.3) is 5.56 Å². The average molecular weight is 531 g/mol. The zero-order valence-electron chi connectivity index (χ0n) is 22.5. The SMILES string of the molecule is CNNc1ncc(C)n(CC(=O)NCc2ccc(N)nc2C)c1=O.C[C@@H](NC=O)c1cccc2ccccc12. The fourth-order valence-corrected chi connectivity index (χ4v) is 3.98. The molecule has 2 amide bonds. The largest absolute Gasteiger partial charge is 0.384 e. The van der Waals surface area contributed by atoms with Gasteiger partial charge in [0.1, 0.15) is 12.4 Å². The molecule has 0 fully saturated rings. The Morgan fingerprint density at radius 1 is 1.10 bits per heavy atom. The second kappa shape index (κ2) is 13.7. The topological polar surface area (TPSA) is 156 Å². The number of hydrazine groups is 1. The Morgan fingerprint density at radius 2 is 1.85 bits per heavy atom. The van der Waals surface area contributed by atoms with Crippen LogP contribution in [0.5, 0.6) is 0 Å². The van der Waals surface area contributed by atoms with Crippen molar-refractivity contribution in [2.24, 2.45) is 0 Å². The number of nitrogens with two attached hydrogens (primary N) is 1. The summed E-state index contributed by atoms with van der Waals surface area (Å²) in [7, 11) is 1.63. The summed E-state index contributed by atoms with van der Waals surface area (Å²) < 4.78 is 1.36. The summed E-state index contributed by atoms with van der Waals surface area (Å²) >= 11 is 0. The van der Waals surface area contributed by atoms with Gasteiger partial charge in [-0.1, -0.05) is 48.5 Å². The van der Waals surface area contributed by atoms with Gasteiger partial charge in [-0.25, -0.2) is 15.4 Å². The van der Waals surface area contributed by atoms with E-state index in [9.17, 15) is 14.4 Å². The van der Waals surface area contributed by atoms with E-state index in [4.69, 9.17) is 5.73 Å². The van der Waals surface area contributed by atoms with Crippen molar-refractivity contribution in [2.75, 3.05) is 18.2 Å². The third-order valence-corrected chi connectivity index (χ3v) is 6.10. The normalized spacial score (nSPS) is 11.2. The molecular formula is C28H34N8O3. The zero-order chi connectivity index (χ0) is 28.4. The minimum atomic E-state index is -0.371. The fraction of sp³-hybridized carbons (Fsp3) is 0.250. The van der Waals surface area contributed by atoms with E-state index in [-0.39, 0.29) is 29.9 Å². The van der Waals surface area contributed by atoms with Crippen molar-refractivity contribution in [1.29, 1.82) is 0 Å². The van der Waals surface area contributed by atoms with Crippen LogP contribution in [-0.2, 0) is 22.7 Å². The van der Waals surface area contributed by atoms with Crippen molar-refractivity contribution >= 4 is 34.7 Å². The molecule has 11 heteroatoms. The van der Waals surface area contributed by atoms with Gasteiger partial charge in [0, 0.05) is 31.2 Å². The van der Waals surface area contributed by atoms with E-state index >= 15 is 0 Å². The quantitative estimate of drug-likeness (QED) is 0.163. The molecule has 0 spiro atoms. The van der Waals surface area contributed by atoms with Gasteiger partial charge in [-0.05, 0) is 48.7 Å². The molecule has 4 aromatic rings. The Kier molecular flexibility index (Phi) is 10.1. The lowest BCUT2D eigenvalue weighted by Gasteiger charge is -2.13. The third-order valence-electron chi connectivity index (χ3n) is 6.10. The number of hydrogen-bond acceptors (Lipinski definition) is 8. The van der Waals surface area contributed by atoms with Crippen molar-refractivity contribution < 1.29 is 9.59 Å². The van der Waals surface area contributed by atoms with E-state index in [1.165, 1.54) is 21.5 Å². The monoisotopic (exact) mass is 530 g/mol. The van der Waals surface area contributed by atoms with E-state index in [1.54, 1.807) is 20.0 Å². The Balaban J connectivity index is 0.000000239. The Bertz CT molecular complexity index is 1500. The molecule has 2 heterocycles. The number of rotatable bonds is 9. The first-order valence-corrected chi connectivity index (χ1v) is 12.4. The third kappa shape index (κ3) is 7.62. The molecule has 2 aromatic carbocycles. The Morgan fingerprint density at radius 3 is 2.56 bits per heavy atom. The van der Waals surface area contributed by atoms with Crippen LogP contribution in [0.2, 0.25) is 0 Å². The predicted molar refractivity (Wildman–Crippen MR) is 153 cm³/mol. The number of carbonyl (C=O) groups excluding carboxylic acids is 2. The Labute approximate surface area is 226 Å². The summed E-state index contributed by atoms with van der Waals surface area (Å²) in [6.07, 6.45) is 2.27. The van der Waals surface area contributed by atoms with E-state index in [0.29, 0.717) is 18.1 Å². The van der Waals surface area contributed by atoms with Crippen LogP contribution in [0.15, 0.2) is 65.6 Å². The maximum atomic E-state index is 12.3. The number of anilines is 2. The first-order chi connectivity index (χ1) is 18.7. The molecule has 0 saturated carbocycles. The standard InChI is InChI=1S/C15H21N7O2.C13H13NO/c1-9-6-19-14(21-17-3)15(24)22(9)8-13(23)18-7-11-4-5-12(16)20-10(11)2;1-10(14-9-15)12-8-4-6-11-5-2-3-7-13(11)12/h4-6,17H,7-8H2,1-3H3,(H2,16,20)(H,18,23)(H,19,21);2-10H,1H3,(H,14,15)/t;10-/m.1/s1. The van der Waals surface area contributed by atoms with Gasteiger partial charge < -0.3 is 21.8 Å². The predicted octanol–water partition coefficient (Wildman–Crippen LogP) is 2.35. The maximum Gasteiger partial charge on any atom is 0.295 e.